The first-order valence-electron chi connectivity index (χ1n) is 7.36. The number of nitriles is 1. The highest BCUT2D eigenvalue weighted by Crippen LogP contribution is 2.19. The summed E-state index contributed by atoms with van der Waals surface area (Å²) in [5, 5.41) is 17.4. The molecular weight excluding hydrogens is 300 g/mol. The Hall–Kier alpha value is -3.72. The van der Waals surface area contributed by atoms with E-state index < -0.39 is 0 Å². The van der Waals surface area contributed by atoms with E-state index >= 15 is 0 Å². The Morgan fingerprint density at radius 2 is 1.96 bits per heavy atom. The van der Waals surface area contributed by atoms with Crippen LogP contribution in [0.25, 0.3) is 22.6 Å². The van der Waals surface area contributed by atoms with Crippen LogP contribution < -0.4 is 5.32 Å². The Balaban J connectivity index is 1.75. The average molecular weight is 312 g/mol. The molecule has 0 amide bonds. The molecule has 0 spiro atoms. The summed E-state index contributed by atoms with van der Waals surface area (Å²) >= 11 is 0. The van der Waals surface area contributed by atoms with Gasteiger partial charge in [0, 0.05) is 29.7 Å². The van der Waals surface area contributed by atoms with Crippen molar-refractivity contribution in [2.24, 2.45) is 0 Å². The van der Waals surface area contributed by atoms with E-state index in [1.165, 1.54) is 6.20 Å². The van der Waals surface area contributed by atoms with Gasteiger partial charge in [0.2, 0.25) is 0 Å². The Labute approximate surface area is 137 Å². The number of benzene rings is 1. The summed E-state index contributed by atoms with van der Waals surface area (Å²) in [5.41, 5.74) is 3.64. The van der Waals surface area contributed by atoms with Gasteiger partial charge in [-0.1, -0.05) is 18.2 Å². The van der Waals surface area contributed by atoms with Crippen LogP contribution in [0.1, 0.15) is 11.3 Å². The van der Waals surface area contributed by atoms with E-state index in [2.05, 4.69) is 26.5 Å². The molecule has 3 aromatic heterocycles. The van der Waals surface area contributed by atoms with Crippen molar-refractivity contribution in [2.45, 2.75) is 0 Å². The van der Waals surface area contributed by atoms with Crippen molar-refractivity contribution in [1.29, 1.82) is 5.26 Å². The first-order valence-corrected chi connectivity index (χ1v) is 7.36. The molecule has 6 nitrogen and oxygen atoms in total. The largest absolute Gasteiger partial charge is 0.362 e. The SMILES string of the molecule is N#Cc1cnn2c1ncc1c(C=CNc3ccccc3)nccc12. The third-order valence-electron chi connectivity index (χ3n) is 3.67. The maximum Gasteiger partial charge on any atom is 0.173 e. The van der Waals surface area contributed by atoms with E-state index in [0.717, 1.165) is 22.3 Å². The van der Waals surface area contributed by atoms with E-state index in [4.69, 9.17) is 5.26 Å². The Bertz CT molecular complexity index is 1090. The number of hydrogen-bond acceptors (Lipinski definition) is 5. The van der Waals surface area contributed by atoms with Gasteiger partial charge < -0.3 is 5.32 Å². The number of hydrogen-bond donors (Lipinski definition) is 1. The molecule has 3 heterocycles. The van der Waals surface area contributed by atoms with Gasteiger partial charge in [-0.15, -0.1) is 0 Å². The van der Waals surface area contributed by atoms with Gasteiger partial charge in [-0.25, -0.2) is 9.50 Å². The van der Waals surface area contributed by atoms with E-state index in [1.54, 1.807) is 16.9 Å². The van der Waals surface area contributed by atoms with Gasteiger partial charge in [0.15, 0.2) is 5.65 Å². The van der Waals surface area contributed by atoms with Gasteiger partial charge in [-0.3, -0.25) is 4.98 Å². The van der Waals surface area contributed by atoms with Gasteiger partial charge in [0.1, 0.15) is 11.6 Å². The maximum atomic E-state index is 9.10. The summed E-state index contributed by atoms with van der Waals surface area (Å²) < 4.78 is 1.66. The first kappa shape index (κ1) is 13.9. The minimum absolute atomic E-state index is 0.455. The van der Waals surface area contributed by atoms with Crippen LogP contribution in [-0.2, 0) is 0 Å². The topological polar surface area (TPSA) is 78.9 Å². The highest BCUT2D eigenvalue weighted by atomic mass is 15.2. The van der Waals surface area contributed by atoms with Gasteiger partial charge in [-0.05, 0) is 24.3 Å². The molecule has 0 radical (unpaired) electrons. The zero-order valence-corrected chi connectivity index (χ0v) is 12.6. The molecule has 114 valence electrons. The van der Waals surface area contributed by atoms with Crippen LogP contribution in [0.2, 0.25) is 0 Å². The molecule has 4 rings (SSSR count). The Morgan fingerprint density at radius 3 is 2.79 bits per heavy atom. The molecule has 0 unspecified atom stereocenters. The second-order valence-corrected chi connectivity index (χ2v) is 5.14. The number of fused-ring (bicyclic) bond motifs is 3. The van der Waals surface area contributed by atoms with Crippen LogP contribution in [0.5, 0.6) is 0 Å². The maximum absolute atomic E-state index is 9.10. The van der Waals surface area contributed by atoms with Gasteiger partial charge in [-0.2, -0.15) is 10.4 Å². The third-order valence-corrected chi connectivity index (χ3v) is 3.67. The second-order valence-electron chi connectivity index (χ2n) is 5.14. The minimum atomic E-state index is 0.455. The smallest absolute Gasteiger partial charge is 0.173 e. The Kier molecular flexibility index (Phi) is 3.37. The first-order chi connectivity index (χ1) is 11.9. The molecule has 0 fully saturated rings. The minimum Gasteiger partial charge on any atom is -0.362 e. The van der Waals surface area contributed by atoms with Crippen molar-refractivity contribution in [2.75, 3.05) is 5.32 Å². The van der Waals surface area contributed by atoms with E-state index in [0.29, 0.717) is 11.2 Å². The van der Waals surface area contributed by atoms with E-state index in [1.807, 2.05) is 48.7 Å². The molecule has 1 aromatic carbocycles. The van der Waals surface area contributed by atoms with Crippen LogP contribution in [0.15, 0.2) is 61.2 Å². The summed E-state index contributed by atoms with van der Waals surface area (Å²) in [6.07, 6.45) is 8.69. The molecule has 0 aliphatic carbocycles. The monoisotopic (exact) mass is 312 g/mol. The fourth-order valence-corrected chi connectivity index (χ4v) is 2.53. The van der Waals surface area contributed by atoms with Crippen LogP contribution in [-0.4, -0.2) is 19.6 Å². The van der Waals surface area contributed by atoms with Gasteiger partial charge in [0.05, 0.1) is 17.4 Å². The third kappa shape index (κ3) is 2.34. The standard InChI is InChI=1S/C18H12N6/c19-10-13-11-23-24-17-7-9-21-16(15(17)12-22-18(13)24)6-8-20-14-4-2-1-3-5-14/h1-9,11-12,20H. The lowest BCUT2D eigenvalue weighted by atomic mass is 10.2. The zero-order valence-electron chi connectivity index (χ0n) is 12.6. The van der Waals surface area contributed by atoms with E-state index in [-0.39, 0.29) is 0 Å². The number of pyridine rings is 1. The van der Waals surface area contributed by atoms with Crippen molar-refractivity contribution in [3.8, 4) is 6.07 Å². The molecule has 24 heavy (non-hydrogen) atoms. The second kappa shape index (κ2) is 5.82. The number of nitrogens with one attached hydrogen (secondary N) is 1. The van der Waals surface area contributed by atoms with Crippen molar-refractivity contribution < 1.29 is 0 Å². The summed E-state index contributed by atoms with van der Waals surface area (Å²) in [6, 6.07) is 13.8. The summed E-state index contributed by atoms with van der Waals surface area (Å²) in [5.74, 6) is 0. The lowest BCUT2D eigenvalue weighted by Gasteiger charge is -2.04. The molecule has 0 atom stereocenters. The molecule has 0 saturated carbocycles. The van der Waals surface area contributed by atoms with Gasteiger partial charge in [0.25, 0.3) is 0 Å². The number of rotatable bonds is 3. The predicted octanol–water partition coefficient (Wildman–Crippen LogP) is 3.23. The quantitative estimate of drug-likeness (QED) is 0.628. The summed E-state index contributed by atoms with van der Waals surface area (Å²) in [7, 11) is 0. The molecule has 0 bridgehead atoms. The number of para-hydroxylation sites is 1. The highest BCUT2D eigenvalue weighted by Gasteiger charge is 2.09. The number of nitrogens with zero attached hydrogens (tertiary/aromatic N) is 5. The molecule has 0 aliphatic rings. The lowest BCUT2D eigenvalue weighted by Crippen LogP contribution is -1.96. The molecular formula is C18H12N6. The van der Waals surface area contributed by atoms with Crippen molar-refractivity contribution in [1.82, 2.24) is 19.6 Å². The van der Waals surface area contributed by atoms with Crippen LogP contribution in [0.3, 0.4) is 0 Å². The highest BCUT2D eigenvalue weighted by molar-refractivity contribution is 5.87. The van der Waals surface area contributed by atoms with Crippen LogP contribution in [0.4, 0.5) is 5.69 Å². The lowest BCUT2D eigenvalue weighted by molar-refractivity contribution is 0.981. The molecule has 6 heteroatoms. The fraction of sp³-hybridized carbons (Fsp3) is 0. The zero-order chi connectivity index (χ0) is 16.4. The van der Waals surface area contributed by atoms with Crippen LogP contribution >= 0.6 is 0 Å². The molecule has 0 aliphatic heterocycles. The molecule has 0 saturated heterocycles. The predicted molar refractivity (Wildman–Crippen MR) is 92.1 cm³/mol. The number of anilines is 1. The average Bonchev–Trinajstić information content (AvgIpc) is 3.06. The molecule has 4 aromatic rings. The van der Waals surface area contributed by atoms with E-state index in [9.17, 15) is 0 Å². The summed E-state index contributed by atoms with van der Waals surface area (Å²) in [4.78, 5) is 8.75. The summed E-state index contributed by atoms with van der Waals surface area (Å²) in [6.45, 7) is 0. The van der Waals surface area contributed by atoms with Crippen molar-refractivity contribution >= 4 is 28.3 Å². The van der Waals surface area contributed by atoms with Crippen molar-refractivity contribution in [3.63, 3.8) is 0 Å². The van der Waals surface area contributed by atoms with Crippen LogP contribution in [0, 0.1) is 11.3 Å². The van der Waals surface area contributed by atoms with Gasteiger partial charge >= 0.3 is 0 Å². The molecule has 1 N–H and O–H groups in total. The fourth-order valence-electron chi connectivity index (χ4n) is 2.53. The Morgan fingerprint density at radius 1 is 1.08 bits per heavy atom. The normalized spacial score (nSPS) is 11.1. The number of aromatic nitrogens is 4. The van der Waals surface area contributed by atoms with Crippen molar-refractivity contribution in [3.05, 3.63) is 72.4 Å².